The van der Waals surface area contributed by atoms with Crippen molar-refractivity contribution in [1.82, 2.24) is 24.1 Å². The first kappa shape index (κ1) is 58.0. The van der Waals surface area contributed by atoms with Gasteiger partial charge in [-0.25, -0.2) is 19.8 Å². The summed E-state index contributed by atoms with van der Waals surface area (Å²) in [5.74, 6) is 1.30. The number of rotatable bonds is 12. The minimum absolute atomic E-state index is 0.430. The molecule has 0 atom stereocenters. The third-order valence-electron chi connectivity index (χ3n) is 18.6. The number of benzene rings is 14. The summed E-state index contributed by atoms with van der Waals surface area (Å²) in [6.45, 7) is 8.22. The summed E-state index contributed by atoms with van der Waals surface area (Å²) >= 11 is 0. The van der Waals surface area contributed by atoms with E-state index in [1.807, 2.05) is 97.1 Å². The molecule has 0 N–H and O–H groups in total. The van der Waals surface area contributed by atoms with Crippen LogP contribution in [0.1, 0.15) is 11.1 Å². The van der Waals surface area contributed by atoms with Gasteiger partial charge in [0.05, 0.1) is 63.3 Å². The molecule has 0 saturated carbocycles. The summed E-state index contributed by atoms with van der Waals surface area (Å²) in [6, 6.07) is 118. The Balaban J connectivity index is 0.890. The molecule has 0 bridgehead atoms. The van der Waals surface area contributed by atoms with Gasteiger partial charge >= 0.3 is 0 Å². The zero-order chi connectivity index (χ0) is 65.6. The molecule has 0 aliphatic heterocycles. The van der Waals surface area contributed by atoms with E-state index in [1.54, 1.807) is 6.07 Å². The van der Waals surface area contributed by atoms with E-state index in [1.165, 1.54) is 0 Å². The number of aromatic nitrogens is 5. The van der Waals surface area contributed by atoms with Gasteiger partial charge in [0.25, 0.3) is 0 Å². The Morgan fingerprint density at radius 3 is 0.939 bits per heavy atom. The van der Waals surface area contributed by atoms with Crippen LogP contribution in [0.15, 0.2) is 328 Å². The predicted molar refractivity (Wildman–Crippen MR) is 399 cm³/mol. The Morgan fingerprint density at radius 1 is 0.255 bits per heavy atom. The Morgan fingerprint density at radius 2 is 0.551 bits per heavy atom. The van der Waals surface area contributed by atoms with Crippen molar-refractivity contribution < 1.29 is 0 Å². The highest BCUT2D eigenvalue weighted by Crippen LogP contribution is 2.45. The van der Waals surface area contributed by atoms with Gasteiger partial charge in [0, 0.05) is 49.4 Å². The zero-order valence-corrected chi connectivity index (χ0v) is 52.8. The second kappa shape index (κ2) is 24.6. The second-order valence-corrected chi connectivity index (χ2v) is 24.5. The Labute approximate surface area is 566 Å². The van der Waals surface area contributed by atoms with Crippen LogP contribution >= 0.6 is 0 Å². The molecule has 0 aliphatic rings. The van der Waals surface area contributed by atoms with E-state index >= 15 is 0 Å². The largest absolute Gasteiger partial charge is 0.309 e. The highest BCUT2D eigenvalue weighted by atomic mass is 15.0. The van der Waals surface area contributed by atoms with E-state index < -0.39 is 0 Å². The normalized spacial score (nSPS) is 11.2. The molecular formula is C90H54N8. The molecule has 0 fully saturated rings. The van der Waals surface area contributed by atoms with Crippen LogP contribution in [0.3, 0.4) is 0 Å². The number of fused-ring (bicyclic) bond motifs is 6. The molecule has 17 rings (SSSR count). The summed E-state index contributed by atoms with van der Waals surface area (Å²) in [5.41, 5.74) is 23.9. The van der Waals surface area contributed by atoms with Crippen LogP contribution in [0.25, 0.3) is 172 Å². The summed E-state index contributed by atoms with van der Waals surface area (Å²) in [6.07, 6.45) is 0. The van der Waals surface area contributed by atoms with Gasteiger partial charge in [0.1, 0.15) is 0 Å². The molecule has 98 heavy (non-hydrogen) atoms. The number of hydrogen-bond donors (Lipinski definition) is 0. The number of hydrogen-bond acceptors (Lipinski definition) is 5. The summed E-state index contributed by atoms with van der Waals surface area (Å²) in [4.78, 5) is 20.3. The van der Waals surface area contributed by atoms with Crippen molar-refractivity contribution in [2.24, 2.45) is 0 Å². The van der Waals surface area contributed by atoms with Crippen molar-refractivity contribution in [1.29, 1.82) is 10.5 Å². The lowest BCUT2D eigenvalue weighted by molar-refractivity contribution is 1.07. The molecular weight excluding hydrogens is 1190 g/mol. The fourth-order valence-electron chi connectivity index (χ4n) is 13.9. The first-order valence-electron chi connectivity index (χ1n) is 32.4. The van der Waals surface area contributed by atoms with Crippen LogP contribution in [-0.4, -0.2) is 24.1 Å². The van der Waals surface area contributed by atoms with Gasteiger partial charge in [-0.1, -0.05) is 206 Å². The van der Waals surface area contributed by atoms with Crippen molar-refractivity contribution in [2.75, 3.05) is 0 Å². The molecule has 0 amide bonds. The average molecular weight is 1250 g/mol. The number of nitriles is 2. The molecule has 0 spiro atoms. The predicted octanol–water partition coefficient (Wildman–Crippen LogP) is 23.0. The van der Waals surface area contributed by atoms with Crippen LogP contribution in [0, 0.1) is 29.2 Å². The Kier molecular flexibility index (Phi) is 14.5. The van der Waals surface area contributed by atoms with Crippen molar-refractivity contribution in [2.45, 2.75) is 0 Å². The quantitative estimate of drug-likeness (QED) is 0.113. The van der Waals surface area contributed by atoms with Crippen molar-refractivity contribution >= 4 is 49.3 Å². The standard InChI is InChI=1S/C90H54N8/c1-93-75-33-17-31-71(49-75)77-55-74(39-45-83(77)98-86-42-36-68(62-24-10-4-11-25-62)52-80(86)81-53-69(37-43-87(81)98)63-26-12-5-13-27-63)90-95-88(72-32-16-29-65(48-72)64-28-14-18-58(46-64)56-91)94-89(96-90)73-38-44-82(76(54-73)70-30-15-19-59(47-70)57-92)97-84-40-34-66(60-20-6-2-7-21-60)50-78(84)79-51-67(35-41-85(79)97)61-22-8-3-9-23-61/h2-55H. The maximum atomic E-state index is 10.5. The third-order valence-corrected chi connectivity index (χ3v) is 18.6. The van der Waals surface area contributed by atoms with Crippen LogP contribution in [-0.2, 0) is 0 Å². The molecule has 0 unspecified atom stereocenters. The summed E-state index contributed by atoms with van der Waals surface area (Å²) < 4.78 is 4.69. The Bertz CT molecular complexity index is 5630. The maximum Gasteiger partial charge on any atom is 0.187 e. The van der Waals surface area contributed by atoms with Crippen LogP contribution in [0.5, 0.6) is 0 Å². The minimum Gasteiger partial charge on any atom is -0.309 e. The SMILES string of the molecule is [C-]#[N+]c1cccc(-c2cc(-c3nc(-c4cccc(-c5cccc(C#N)c5)c4)nc(-c4ccc(-n5c6ccc(-c7ccccc7)cc6c6cc(-c7ccccc7)ccc65)c(-c5cccc(C#N)c5)c4)n3)ccc2-n2c3ccc(-c4ccccc4)cc3c3cc(-c4ccccc4)ccc32)c1. The monoisotopic (exact) mass is 1250 g/mol. The highest BCUT2D eigenvalue weighted by molar-refractivity contribution is 6.14. The molecule has 0 aliphatic carbocycles. The third kappa shape index (κ3) is 10.6. The molecule has 0 saturated heterocycles. The van der Waals surface area contributed by atoms with E-state index in [4.69, 9.17) is 21.5 Å². The van der Waals surface area contributed by atoms with Crippen molar-refractivity contribution in [3.8, 4) is 136 Å². The molecule has 454 valence electrons. The van der Waals surface area contributed by atoms with Gasteiger partial charge in [-0.2, -0.15) is 10.5 Å². The van der Waals surface area contributed by atoms with E-state index in [0.717, 1.165) is 150 Å². The van der Waals surface area contributed by atoms with Crippen LogP contribution < -0.4 is 0 Å². The molecule has 3 aromatic heterocycles. The van der Waals surface area contributed by atoms with E-state index in [2.05, 4.69) is 251 Å². The van der Waals surface area contributed by atoms with Gasteiger partial charge in [-0.05, 0) is 188 Å². The molecule has 0 radical (unpaired) electrons. The smallest absolute Gasteiger partial charge is 0.187 e. The van der Waals surface area contributed by atoms with Gasteiger partial charge in [-0.3, -0.25) is 0 Å². The Hall–Kier alpha value is -13.8. The van der Waals surface area contributed by atoms with Crippen LogP contribution in [0.4, 0.5) is 5.69 Å². The van der Waals surface area contributed by atoms with Crippen molar-refractivity contribution in [3.63, 3.8) is 0 Å². The van der Waals surface area contributed by atoms with E-state index in [0.29, 0.717) is 34.3 Å². The maximum absolute atomic E-state index is 10.5. The van der Waals surface area contributed by atoms with Crippen LogP contribution in [0.2, 0.25) is 0 Å². The zero-order valence-electron chi connectivity index (χ0n) is 52.8. The van der Waals surface area contributed by atoms with Gasteiger partial charge in [-0.15, -0.1) is 0 Å². The topological polar surface area (TPSA) is 100 Å². The minimum atomic E-state index is 0.430. The average Bonchev–Trinajstić information content (AvgIpc) is 1.56. The van der Waals surface area contributed by atoms with E-state index in [-0.39, 0.29) is 0 Å². The molecule has 3 heterocycles. The first-order valence-corrected chi connectivity index (χ1v) is 32.4. The second-order valence-electron chi connectivity index (χ2n) is 24.5. The van der Waals surface area contributed by atoms with Crippen molar-refractivity contribution in [3.05, 3.63) is 350 Å². The lowest BCUT2D eigenvalue weighted by atomic mass is 9.98. The highest BCUT2D eigenvalue weighted by Gasteiger charge is 2.24. The lowest BCUT2D eigenvalue weighted by Gasteiger charge is -2.18. The van der Waals surface area contributed by atoms with Gasteiger partial charge in [0.2, 0.25) is 0 Å². The van der Waals surface area contributed by atoms with E-state index in [9.17, 15) is 10.5 Å². The van der Waals surface area contributed by atoms with Gasteiger partial charge in [0.15, 0.2) is 23.2 Å². The summed E-state index contributed by atoms with van der Waals surface area (Å²) in [7, 11) is 0. The van der Waals surface area contributed by atoms with Gasteiger partial charge < -0.3 is 9.13 Å². The summed E-state index contributed by atoms with van der Waals surface area (Å²) in [5, 5.41) is 24.9. The molecule has 8 heteroatoms. The fraction of sp³-hybridized carbons (Fsp3) is 0. The first-order chi connectivity index (χ1) is 48.4. The molecule has 17 aromatic rings. The molecule has 8 nitrogen and oxygen atoms in total. The fourth-order valence-corrected chi connectivity index (χ4v) is 13.9. The lowest BCUT2D eigenvalue weighted by Crippen LogP contribution is -2.03. The number of nitrogens with zero attached hydrogens (tertiary/aromatic N) is 8. The molecule has 14 aromatic carbocycles.